The molecule has 1 aliphatic carbocycles. The summed E-state index contributed by atoms with van der Waals surface area (Å²) in [5.41, 5.74) is 1.65. The van der Waals surface area contributed by atoms with E-state index >= 15 is 0 Å². The fourth-order valence-corrected chi connectivity index (χ4v) is 5.05. The van der Waals surface area contributed by atoms with Crippen molar-refractivity contribution in [3.63, 3.8) is 0 Å². The van der Waals surface area contributed by atoms with Crippen molar-refractivity contribution in [3.05, 3.63) is 35.4 Å². The van der Waals surface area contributed by atoms with Crippen molar-refractivity contribution in [2.45, 2.75) is 83.5 Å². The number of carbonyl (C=O) groups excluding carboxylic acids is 3. The van der Waals surface area contributed by atoms with Gasteiger partial charge in [0.25, 0.3) is 5.91 Å². The highest BCUT2D eigenvalue weighted by Gasteiger charge is 2.30. The number of nitrogens with one attached hydrogen (secondary N) is 1. The van der Waals surface area contributed by atoms with Gasteiger partial charge in [-0.05, 0) is 43.4 Å². The quantitative estimate of drug-likeness (QED) is 0.644. The predicted octanol–water partition coefficient (Wildman–Crippen LogP) is 4.87. The second-order valence-corrected chi connectivity index (χ2v) is 9.83. The number of ketones is 1. The van der Waals surface area contributed by atoms with Crippen molar-refractivity contribution in [1.29, 1.82) is 0 Å². The van der Waals surface area contributed by atoms with Crippen molar-refractivity contribution in [2.75, 3.05) is 32.8 Å². The van der Waals surface area contributed by atoms with Crippen LogP contribution in [0.3, 0.4) is 0 Å². The summed E-state index contributed by atoms with van der Waals surface area (Å²) in [6.45, 7) is 4.71. The van der Waals surface area contributed by atoms with Crippen molar-refractivity contribution < 1.29 is 19.1 Å². The molecule has 0 radical (unpaired) electrons. The van der Waals surface area contributed by atoms with E-state index in [0.29, 0.717) is 31.7 Å². The molecule has 0 bridgehead atoms. The maximum atomic E-state index is 12.9. The van der Waals surface area contributed by atoms with Gasteiger partial charge in [0.15, 0.2) is 5.78 Å². The number of ether oxygens (including phenoxy) is 1. The topological polar surface area (TPSA) is 75.7 Å². The summed E-state index contributed by atoms with van der Waals surface area (Å²) in [5, 5.41) is 2.68. The zero-order valence-electron chi connectivity index (χ0n) is 20.9. The summed E-state index contributed by atoms with van der Waals surface area (Å²) >= 11 is 0. The Bertz CT molecular complexity index is 788. The number of nitrogens with zero attached hydrogens (tertiary/aromatic N) is 1. The van der Waals surface area contributed by atoms with E-state index in [0.717, 1.165) is 37.8 Å². The number of carbonyl (C=O) groups is 3. The SMILES string of the molecule is C1CCCCC1.CCC(=O)CNC(=O)c1cccc(C2CCCN(C(=O)C3CCOCC3)C2)c1. The number of Topliss-reactive ketones (excluding diaryl/α,β-unsaturated/α-hetero) is 1. The average Bonchev–Trinajstić information content (AvgIpc) is 2.93. The molecule has 1 atom stereocenters. The summed E-state index contributed by atoms with van der Waals surface area (Å²) in [6.07, 6.45) is 13.0. The molecule has 188 valence electrons. The molecule has 2 aliphatic heterocycles. The number of hydrogen-bond acceptors (Lipinski definition) is 4. The maximum Gasteiger partial charge on any atom is 0.251 e. The van der Waals surface area contributed by atoms with Gasteiger partial charge in [-0.25, -0.2) is 0 Å². The lowest BCUT2D eigenvalue weighted by Crippen LogP contribution is -2.43. The molecule has 34 heavy (non-hydrogen) atoms. The van der Waals surface area contributed by atoms with E-state index in [-0.39, 0.29) is 36.0 Å². The molecule has 0 spiro atoms. The predicted molar refractivity (Wildman–Crippen MR) is 134 cm³/mol. The molecule has 6 nitrogen and oxygen atoms in total. The number of rotatable bonds is 6. The van der Waals surface area contributed by atoms with E-state index in [1.54, 1.807) is 13.0 Å². The van der Waals surface area contributed by atoms with Gasteiger partial charge < -0.3 is 15.0 Å². The van der Waals surface area contributed by atoms with Crippen molar-refractivity contribution >= 4 is 17.6 Å². The van der Waals surface area contributed by atoms with Crippen LogP contribution in [0.15, 0.2) is 24.3 Å². The molecule has 2 heterocycles. The summed E-state index contributed by atoms with van der Waals surface area (Å²) in [6, 6.07) is 7.58. The van der Waals surface area contributed by atoms with Crippen molar-refractivity contribution in [2.24, 2.45) is 5.92 Å². The van der Waals surface area contributed by atoms with E-state index in [1.807, 2.05) is 23.1 Å². The first-order chi connectivity index (χ1) is 16.6. The van der Waals surface area contributed by atoms with Gasteiger partial charge in [-0.3, -0.25) is 14.4 Å². The Morgan fingerprint density at radius 3 is 2.29 bits per heavy atom. The highest BCUT2D eigenvalue weighted by molar-refractivity contribution is 5.96. The number of hydrogen-bond donors (Lipinski definition) is 1. The van der Waals surface area contributed by atoms with Crippen LogP contribution >= 0.6 is 0 Å². The maximum absolute atomic E-state index is 12.9. The third kappa shape index (κ3) is 8.23. The third-order valence-corrected chi connectivity index (χ3v) is 7.26. The Balaban J connectivity index is 0.000000469. The largest absolute Gasteiger partial charge is 0.381 e. The standard InChI is InChI=1S/C22H30N2O4.C6H12/c1-2-20(25)14-23-21(26)18-6-3-5-17(13-18)19-7-4-10-24(15-19)22(27)16-8-11-28-12-9-16;1-2-4-6-5-3-1/h3,5-6,13,16,19H,2,4,7-12,14-15H2,1H3,(H,23,26);1-6H2. The highest BCUT2D eigenvalue weighted by Crippen LogP contribution is 2.29. The Morgan fingerprint density at radius 2 is 1.65 bits per heavy atom. The summed E-state index contributed by atoms with van der Waals surface area (Å²) < 4.78 is 5.38. The van der Waals surface area contributed by atoms with Crippen LogP contribution in [0.4, 0.5) is 0 Å². The summed E-state index contributed by atoms with van der Waals surface area (Å²) in [5.74, 6) is 0.358. The number of likely N-dealkylation sites (tertiary alicyclic amines) is 1. The molecular weight excluding hydrogens is 428 g/mol. The third-order valence-electron chi connectivity index (χ3n) is 7.26. The normalized spacial score (nSPS) is 21.2. The Hall–Kier alpha value is -2.21. The van der Waals surface area contributed by atoms with Gasteiger partial charge in [-0.15, -0.1) is 0 Å². The van der Waals surface area contributed by atoms with Gasteiger partial charge in [0.1, 0.15) is 0 Å². The lowest BCUT2D eigenvalue weighted by molar-refractivity contribution is -0.139. The van der Waals surface area contributed by atoms with Gasteiger partial charge in [0, 0.05) is 50.1 Å². The second kappa shape index (κ2) is 14.2. The van der Waals surface area contributed by atoms with Crippen molar-refractivity contribution in [3.8, 4) is 0 Å². The van der Waals surface area contributed by atoms with Crippen molar-refractivity contribution in [1.82, 2.24) is 10.2 Å². The number of benzene rings is 1. The molecule has 6 heteroatoms. The van der Waals surface area contributed by atoms with Crippen LogP contribution in [0.25, 0.3) is 0 Å². The summed E-state index contributed by atoms with van der Waals surface area (Å²) in [4.78, 5) is 38.6. The zero-order valence-corrected chi connectivity index (χ0v) is 20.9. The van der Waals surface area contributed by atoms with Crippen LogP contribution < -0.4 is 5.32 Å². The monoisotopic (exact) mass is 470 g/mol. The van der Waals surface area contributed by atoms with Crippen LogP contribution in [-0.4, -0.2) is 55.3 Å². The molecular formula is C28H42N2O4. The van der Waals surface area contributed by atoms with Gasteiger partial charge in [-0.1, -0.05) is 57.6 Å². The number of piperidine rings is 1. The average molecular weight is 471 g/mol. The zero-order chi connectivity index (χ0) is 24.2. The molecule has 3 fully saturated rings. The van der Waals surface area contributed by atoms with Gasteiger partial charge in [0.2, 0.25) is 5.91 Å². The van der Waals surface area contributed by atoms with Crippen LogP contribution in [0.5, 0.6) is 0 Å². The molecule has 1 aromatic rings. The highest BCUT2D eigenvalue weighted by atomic mass is 16.5. The van der Waals surface area contributed by atoms with E-state index < -0.39 is 0 Å². The molecule has 0 aromatic heterocycles. The molecule has 1 N–H and O–H groups in total. The minimum atomic E-state index is -0.227. The summed E-state index contributed by atoms with van der Waals surface area (Å²) in [7, 11) is 0. The van der Waals surface area contributed by atoms with E-state index in [9.17, 15) is 14.4 Å². The molecule has 4 rings (SSSR count). The first-order valence-electron chi connectivity index (χ1n) is 13.3. The Morgan fingerprint density at radius 1 is 0.971 bits per heavy atom. The smallest absolute Gasteiger partial charge is 0.251 e. The first-order valence-corrected chi connectivity index (χ1v) is 13.3. The van der Waals surface area contributed by atoms with Crippen LogP contribution in [0, 0.1) is 5.92 Å². The van der Waals surface area contributed by atoms with Crippen LogP contribution in [0.2, 0.25) is 0 Å². The Labute approximate surface area is 204 Å². The second-order valence-electron chi connectivity index (χ2n) is 9.83. The number of amides is 2. The van der Waals surface area contributed by atoms with Crippen LogP contribution in [0.1, 0.15) is 99.4 Å². The van der Waals surface area contributed by atoms with E-state index in [4.69, 9.17) is 4.74 Å². The molecule has 1 unspecified atom stereocenters. The van der Waals surface area contributed by atoms with Gasteiger partial charge >= 0.3 is 0 Å². The molecule has 2 amide bonds. The van der Waals surface area contributed by atoms with E-state index in [2.05, 4.69) is 5.32 Å². The lowest BCUT2D eigenvalue weighted by Gasteiger charge is -2.36. The minimum Gasteiger partial charge on any atom is -0.381 e. The Kier molecular flexibility index (Phi) is 11.1. The molecule has 1 saturated carbocycles. The van der Waals surface area contributed by atoms with E-state index in [1.165, 1.54) is 38.5 Å². The lowest BCUT2D eigenvalue weighted by atomic mass is 9.88. The molecule has 3 aliphatic rings. The van der Waals surface area contributed by atoms with Gasteiger partial charge in [-0.2, -0.15) is 0 Å². The van der Waals surface area contributed by atoms with Gasteiger partial charge in [0.05, 0.1) is 6.54 Å². The molecule has 1 aromatic carbocycles. The minimum absolute atomic E-state index is 0.0130. The fourth-order valence-electron chi connectivity index (χ4n) is 5.05. The molecule has 2 saturated heterocycles. The van der Waals surface area contributed by atoms with Crippen LogP contribution in [-0.2, 0) is 14.3 Å². The fraction of sp³-hybridized carbons (Fsp3) is 0.679. The first kappa shape index (κ1) is 26.4.